The number of nitrogens with one attached hydrogen (secondary N) is 1. The van der Waals surface area contributed by atoms with Crippen LogP contribution in [0, 0.1) is 0 Å². The van der Waals surface area contributed by atoms with Crippen LogP contribution in [-0.4, -0.2) is 79.4 Å². The van der Waals surface area contributed by atoms with Gasteiger partial charge in [-0.2, -0.15) is 13.2 Å². The fourth-order valence-electron chi connectivity index (χ4n) is 2.87. The molecule has 2 N–H and O–H groups in total. The van der Waals surface area contributed by atoms with Gasteiger partial charge in [0.05, 0.1) is 12.7 Å². The highest BCUT2D eigenvalue weighted by molar-refractivity contribution is 6.70. The third kappa shape index (κ3) is 9.46. The summed E-state index contributed by atoms with van der Waals surface area (Å²) in [7, 11) is -6.47. The average molecular weight is 492 g/mol. The monoisotopic (exact) mass is 491 g/mol. The molecular formula is C17H36F3NO6Si3. The fourth-order valence-corrected chi connectivity index (χ4v) is 5.74. The zero-order valence-electron chi connectivity index (χ0n) is 19.2. The van der Waals surface area contributed by atoms with Crippen LogP contribution in [0.2, 0.25) is 58.9 Å². The second-order valence-corrected chi connectivity index (χ2v) is 23.8. The Labute approximate surface area is 180 Å². The number of amides is 1. The second-order valence-electron chi connectivity index (χ2n) is 10.4. The average Bonchev–Trinajstić information content (AvgIpc) is 2.47. The van der Waals surface area contributed by atoms with Gasteiger partial charge < -0.3 is 28.4 Å². The van der Waals surface area contributed by atoms with Crippen LogP contribution in [-0.2, 0) is 22.8 Å². The van der Waals surface area contributed by atoms with Crippen LogP contribution in [0.3, 0.4) is 0 Å². The van der Waals surface area contributed by atoms with Gasteiger partial charge in [-0.25, -0.2) is 0 Å². The molecule has 0 aliphatic carbocycles. The maximum Gasteiger partial charge on any atom is 0.471 e. The molecule has 30 heavy (non-hydrogen) atoms. The van der Waals surface area contributed by atoms with Crippen molar-refractivity contribution >= 4 is 30.9 Å². The van der Waals surface area contributed by atoms with E-state index in [-0.39, 0.29) is 6.61 Å². The van der Waals surface area contributed by atoms with Crippen molar-refractivity contribution in [2.45, 2.75) is 95.7 Å². The maximum absolute atomic E-state index is 12.9. The molecule has 0 aromatic rings. The van der Waals surface area contributed by atoms with E-state index < -0.39 is 67.7 Å². The molecule has 178 valence electrons. The Morgan fingerprint density at radius 3 is 1.80 bits per heavy atom. The van der Waals surface area contributed by atoms with E-state index in [1.165, 1.54) is 0 Å². The van der Waals surface area contributed by atoms with E-state index in [4.69, 9.17) is 18.0 Å². The Hall–Kier alpha value is -0.289. The van der Waals surface area contributed by atoms with E-state index in [1.54, 1.807) is 0 Å². The zero-order valence-corrected chi connectivity index (χ0v) is 22.2. The van der Waals surface area contributed by atoms with Gasteiger partial charge in [0.15, 0.2) is 31.2 Å². The molecule has 5 atom stereocenters. The molecule has 0 saturated carbocycles. The number of rotatable bonds is 8. The largest absolute Gasteiger partial charge is 0.471 e. The SMILES string of the molecule is C[Si](C)(C)OC[C@H]1O[C@@H](O)[C@H](NC(=O)C(F)(F)F)[C@@H](O[Si](C)(C)C)[C@@H]1O[Si](C)(C)C. The van der Waals surface area contributed by atoms with E-state index >= 15 is 0 Å². The van der Waals surface area contributed by atoms with Crippen molar-refractivity contribution in [1.82, 2.24) is 5.32 Å². The van der Waals surface area contributed by atoms with Crippen LogP contribution < -0.4 is 5.32 Å². The van der Waals surface area contributed by atoms with Crippen LogP contribution in [0.25, 0.3) is 0 Å². The summed E-state index contributed by atoms with van der Waals surface area (Å²) in [5.41, 5.74) is 0. The number of hydrogen-bond acceptors (Lipinski definition) is 6. The van der Waals surface area contributed by atoms with Crippen molar-refractivity contribution in [2.75, 3.05) is 6.61 Å². The van der Waals surface area contributed by atoms with E-state index in [0.29, 0.717) is 0 Å². The number of hydrogen-bond donors (Lipinski definition) is 2. The van der Waals surface area contributed by atoms with Gasteiger partial charge >= 0.3 is 12.1 Å². The molecule has 1 saturated heterocycles. The van der Waals surface area contributed by atoms with Gasteiger partial charge in [-0.1, -0.05) is 0 Å². The Morgan fingerprint density at radius 1 is 0.933 bits per heavy atom. The number of aliphatic hydroxyl groups is 1. The second kappa shape index (κ2) is 9.69. The molecule has 0 unspecified atom stereocenters. The summed E-state index contributed by atoms with van der Waals surface area (Å²) >= 11 is 0. The van der Waals surface area contributed by atoms with Crippen LogP contribution in [0.1, 0.15) is 0 Å². The number of aliphatic hydroxyl groups excluding tert-OH is 1. The van der Waals surface area contributed by atoms with E-state index in [1.807, 2.05) is 64.2 Å². The maximum atomic E-state index is 12.9. The first kappa shape index (κ1) is 27.7. The van der Waals surface area contributed by atoms with Crippen molar-refractivity contribution < 1.29 is 41.1 Å². The molecule has 1 amide bonds. The standard InChI is InChI=1S/C17H36F3NO6Si3/c1-28(2,3)24-10-11-13(26-29(4,5)6)14(27-30(7,8)9)12(15(22)25-11)21-16(23)17(18,19)20/h11-15,22H,10H2,1-9H3,(H,21,23)/t11-,12-,13-,14-,15-/m1/s1. The van der Waals surface area contributed by atoms with Crippen molar-refractivity contribution in [3.05, 3.63) is 0 Å². The lowest BCUT2D eigenvalue weighted by Crippen LogP contribution is -2.69. The highest BCUT2D eigenvalue weighted by atomic mass is 28.4. The minimum absolute atomic E-state index is 0.105. The molecule has 0 aromatic heterocycles. The summed E-state index contributed by atoms with van der Waals surface area (Å²) in [6.07, 6.45) is -9.38. The summed E-state index contributed by atoms with van der Waals surface area (Å²) in [6, 6.07) is -1.43. The first-order chi connectivity index (χ1) is 13.2. The minimum Gasteiger partial charge on any atom is -0.415 e. The van der Waals surface area contributed by atoms with Crippen molar-refractivity contribution in [3.63, 3.8) is 0 Å². The summed E-state index contributed by atoms with van der Waals surface area (Å²) < 4.78 is 62.6. The topological polar surface area (TPSA) is 86.2 Å². The molecule has 0 spiro atoms. The van der Waals surface area contributed by atoms with Gasteiger partial charge in [-0.3, -0.25) is 4.79 Å². The van der Waals surface area contributed by atoms with Crippen molar-refractivity contribution in [1.29, 1.82) is 0 Å². The predicted molar refractivity (Wildman–Crippen MR) is 115 cm³/mol. The van der Waals surface area contributed by atoms with Gasteiger partial charge in [-0.15, -0.1) is 0 Å². The van der Waals surface area contributed by atoms with Crippen molar-refractivity contribution in [2.24, 2.45) is 0 Å². The third-order valence-corrected chi connectivity index (χ3v) is 6.87. The van der Waals surface area contributed by atoms with Crippen LogP contribution >= 0.6 is 0 Å². The number of alkyl halides is 3. The van der Waals surface area contributed by atoms with Crippen LogP contribution in [0.15, 0.2) is 0 Å². The molecule has 1 rings (SSSR count). The lowest BCUT2D eigenvalue weighted by molar-refractivity contribution is -0.248. The molecule has 1 fully saturated rings. The molecule has 0 radical (unpaired) electrons. The lowest BCUT2D eigenvalue weighted by atomic mass is 9.97. The lowest BCUT2D eigenvalue weighted by Gasteiger charge is -2.48. The predicted octanol–water partition coefficient (Wildman–Crippen LogP) is 3.04. The van der Waals surface area contributed by atoms with Gasteiger partial charge in [-0.05, 0) is 58.9 Å². The van der Waals surface area contributed by atoms with E-state index in [0.717, 1.165) is 0 Å². The van der Waals surface area contributed by atoms with E-state index in [9.17, 15) is 23.1 Å². The Morgan fingerprint density at radius 2 is 1.40 bits per heavy atom. The third-order valence-electron chi connectivity index (χ3n) is 3.88. The highest BCUT2D eigenvalue weighted by Crippen LogP contribution is 2.31. The first-order valence-corrected chi connectivity index (χ1v) is 20.1. The number of carbonyl (C=O) groups excluding carboxylic acids is 1. The molecule has 13 heteroatoms. The van der Waals surface area contributed by atoms with Crippen molar-refractivity contribution in [3.8, 4) is 0 Å². The normalized spacial score (nSPS) is 29.0. The van der Waals surface area contributed by atoms with Crippen LogP contribution in [0.4, 0.5) is 13.2 Å². The number of halogens is 3. The quantitative estimate of drug-likeness (QED) is 0.508. The van der Waals surface area contributed by atoms with Crippen LogP contribution in [0.5, 0.6) is 0 Å². The Balaban J connectivity index is 3.31. The van der Waals surface area contributed by atoms with E-state index in [2.05, 4.69) is 0 Å². The Bertz CT molecular complexity index is 589. The molecule has 1 aliphatic heterocycles. The van der Waals surface area contributed by atoms with Gasteiger partial charge in [0, 0.05) is 0 Å². The fraction of sp³-hybridized carbons (Fsp3) is 0.941. The highest BCUT2D eigenvalue weighted by Gasteiger charge is 2.52. The molecule has 0 aromatic carbocycles. The van der Waals surface area contributed by atoms with Gasteiger partial charge in [0.1, 0.15) is 18.2 Å². The summed E-state index contributed by atoms with van der Waals surface area (Å²) in [6.45, 7) is 17.5. The van der Waals surface area contributed by atoms with Gasteiger partial charge in [0.25, 0.3) is 0 Å². The molecular weight excluding hydrogens is 455 g/mol. The zero-order chi connectivity index (χ0) is 23.7. The number of ether oxygens (including phenoxy) is 1. The molecule has 1 aliphatic rings. The minimum atomic E-state index is -5.10. The summed E-state index contributed by atoms with van der Waals surface area (Å²) in [4.78, 5) is 11.6. The number of carbonyl (C=O) groups is 1. The Kier molecular flexibility index (Phi) is 8.96. The molecule has 7 nitrogen and oxygen atoms in total. The molecule has 0 bridgehead atoms. The first-order valence-electron chi connectivity index (χ1n) is 9.90. The summed E-state index contributed by atoms with van der Waals surface area (Å²) in [5, 5.41) is 12.4. The summed E-state index contributed by atoms with van der Waals surface area (Å²) in [5.74, 6) is -2.16. The smallest absolute Gasteiger partial charge is 0.415 e. The molecule has 1 heterocycles. The van der Waals surface area contributed by atoms with Gasteiger partial charge in [0.2, 0.25) is 0 Å².